The van der Waals surface area contributed by atoms with Crippen LogP contribution in [0.25, 0.3) is 10.9 Å². The number of carbonyl (C=O) groups excluding carboxylic acids is 1. The van der Waals surface area contributed by atoms with E-state index in [-0.39, 0.29) is 24.2 Å². The van der Waals surface area contributed by atoms with E-state index in [9.17, 15) is 19.1 Å². The van der Waals surface area contributed by atoms with Crippen LogP contribution < -0.4 is 0 Å². The second-order valence-corrected chi connectivity index (χ2v) is 7.73. The Morgan fingerprint density at radius 3 is 2.59 bits per heavy atom. The Kier molecular flexibility index (Phi) is 5.09. The van der Waals surface area contributed by atoms with Crippen molar-refractivity contribution in [2.24, 2.45) is 11.8 Å². The predicted octanol–water partition coefficient (Wildman–Crippen LogP) is 4.01. The SMILES string of the molecule is CC1CN(C(=O)c2cc3ccccc3n2Cc2ccccc2F)CCC1C(=O)O. The minimum absolute atomic E-state index is 0.116. The molecule has 0 bridgehead atoms. The summed E-state index contributed by atoms with van der Waals surface area (Å²) in [5, 5.41) is 10.3. The highest BCUT2D eigenvalue weighted by atomic mass is 19.1. The standard InChI is InChI=1S/C23H23FN2O3/c1-15-13-25(11-10-18(15)23(28)29)22(27)21-12-16-6-3-5-9-20(16)26(21)14-17-7-2-4-8-19(17)24/h2-9,12,15,18H,10-11,13-14H2,1H3,(H,28,29). The highest BCUT2D eigenvalue weighted by Crippen LogP contribution is 2.27. The smallest absolute Gasteiger partial charge is 0.306 e. The minimum atomic E-state index is -0.807. The van der Waals surface area contributed by atoms with Gasteiger partial charge in [0.1, 0.15) is 11.5 Å². The van der Waals surface area contributed by atoms with Crippen molar-refractivity contribution < 1.29 is 19.1 Å². The van der Waals surface area contributed by atoms with E-state index < -0.39 is 11.9 Å². The third-order valence-electron chi connectivity index (χ3n) is 5.83. The van der Waals surface area contributed by atoms with Gasteiger partial charge < -0.3 is 14.6 Å². The van der Waals surface area contributed by atoms with Crippen LogP contribution in [0.15, 0.2) is 54.6 Å². The Labute approximate surface area is 168 Å². The summed E-state index contributed by atoms with van der Waals surface area (Å²) < 4.78 is 16.1. The van der Waals surface area contributed by atoms with Crippen LogP contribution in [0.5, 0.6) is 0 Å². The van der Waals surface area contributed by atoms with E-state index in [4.69, 9.17) is 0 Å². The van der Waals surface area contributed by atoms with E-state index >= 15 is 0 Å². The topological polar surface area (TPSA) is 62.5 Å². The first-order valence-corrected chi connectivity index (χ1v) is 9.79. The molecule has 29 heavy (non-hydrogen) atoms. The summed E-state index contributed by atoms with van der Waals surface area (Å²) in [5.74, 6) is -1.80. The monoisotopic (exact) mass is 394 g/mol. The molecule has 0 spiro atoms. The first-order chi connectivity index (χ1) is 14.0. The number of carboxylic acid groups (broad SMARTS) is 1. The molecule has 4 rings (SSSR count). The van der Waals surface area contributed by atoms with Gasteiger partial charge in [-0.3, -0.25) is 9.59 Å². The van der Waals surface area contributed by atoms with Crippen LogP contribution in [0.3, 0.4) is 0 Å². The van der Waals surface area contributed by atoms with Gasteiger partial charge in [-0.15, -0.1) is 0 Å². The van der Waals surface area contributed by atoms with E-state index in [0.29, 0.717) is 30.8 Å². The third-order valence-corrected chi connectivity index (χ3v) is 5.83. The number of likely N-dealkylation sites (tertiary alicyclic amines) is 1. The van der Waals surface area contributed by atoms with Gasteiger partial charge in [0.05, 0.1) is 12.5 Å². The maximum absolute atomic E-state index is 14.3. The zero-order valence-corrected chi connectivity index (χ0v) is 16.2. The number of benzene rings is 2. The predicted molar refractivity (Wildman–Crippen MR) is 108 cm³/mol. The van der Waals surface area contributed by atoms with Crippen LogP contribution in [0.2, 0.25) is 0 Å². The van der Waals surface area contributed by atoms with Gasteiger partial charge in [0.2, 0.25) is 0 Å². The number of halogens is 1. The summed E-state index contributed by atoms with van der Waals surface area (Å²) in [5.41, 5.74) is 1.88. The van der Waals surface area contributed by atoms with Gasteiger partial charge in [0, 0.05) is 29.6 Å². The molecular weight excluding hydrogens is 371 g/mol. The normalized spacial score (nSPS) is 19.4. The Hall–Kier alpha value is -3.15. The fraction of sp³-hybridized carbons (Fsp3) is 0.304. The fourth-order valence-corrected chi connectivity index (χ4v) is 4.21. The number of hydrogen-bond donors (Lipinski definition) is 1. The molecule has 6 heteroatoms. The lowest BCUT2D eigenvalue weighted by Gasteiger charge is -2.35. The number of piperidine rings is 1. The summed E-state index contributed by atoms with van der Waals surface area (Å²) in [6, 6.07) is 16.1. The number of carbonyl (C=O) groups is 2. The van der Waals surface area contributed by atoms with Crippen LogP contribution in [0.4, 0.5) is 4.39 Å². The largest absolute Gasteiger partial charge is 0.481 e. The lowest BCUT2D eigenvalue weighted by Crippen LogP contribution is -2.45. The van der Waals surface area contributed by atoms with E-state index in [1.54, 1.807) is 23.1 Å². The van der Waals surface area contributed by atoms with E-state index in [1.165, 1.54) is 6.07 Å². The quantitative estimate of drug-likeness (QED) is 0.727. The summed E-state index contributed by atoms with van der Waals surface area (Å²) in [6.07, 6.45) is 0.440. The van der Waals surface area contributed by atoms with Crippen LogP contribution >= 0.6 is 0 Å². The van der Waals surface area contributed by atoms with Gasteiger partial charge in [-0.05, 0) is 30.5 Å². The maximum Gasteiger partial charge on any atom is 0.306 e. The summed E-state index contributed by atoms with van der Waals surface area (Å²) in [4.78, 5) is 26.4. The summed E-state index contributed by atoms with van der Waals surface area (Å²) >= 11 is 0. The van der Waals surface area contributed by atoms with Gasteiger partial charge in [-0.1, -0.05) is 43.3 Å². The number of aromatic nitrogens is 1. The molecular formula is C23H23FN2O3. The number of amides is 1. The second kappa shape index (κ2) is 7.70. The molecule has 1 amide bonds. The van der Waals surface area contributed by atoms with Crippen LogP contribution in [0, 0.1) is 17.7 Å². The Morgan fingerprint density at radius 2 is 1.86 bits per heavy atom. The lowest BCUT2D eigenvalue weighted by atomic mass is 9.87. The highest BCUT2D eigenvalue weighted by Gasteiger charge is 2.34. The Morgan fingerprint density at radius 1 is 1.14 bits per heavy atom. The molecule has 0 saturated carbocycles. The molecule has 1 N–H and O–H groups in total. The zero-order chi connectivity index (χ0) is 20.5. The molecule has 1 aliphatic rings. The molecule has 1 aliphatic heterocycles. The van der Waals surface area contributed by atoms with E-state index in [1.807, 2.05) is 41.8 Å². The minimum Gasteiger partial charge on any atom is -0.481 e. The molecule has 5 nitrogen and oxygen atoms in total. The number of carboxylic acids is 1. The molecule has 2 unspecified atom stereocenters. The van der Waals surface area contributed by atoms with E-state index in [0.717, 1.165) is 10.9 Å². The van der Waals surface area contributed by atoms with Crippen molar-refractivity contribution >= 4 is 22.8 Å². The van der Waals surface area contributed by atoms with Crippen molar-refractivity contribution in [1.29, 1.82) is 0 Å². The molecule has 1 aromatic heterocycles. The summed E-state index contributed by atoms with van der Waals surface area (Å²) in [6.45, 7) is 2.92. The number of nitrogens with zero attached hydrogens (tertiary/aromatic N) is 2. The number of rotatable bonds is 4. The first-order valence-electron chi connectivity index (χ1n) is 9.79. The molecule has 2 heterocycles. The average molecular weight is 394 g/mol. The molecule has 0 radical (unpaired) electrons. The fourth-order valence-electron chi connectivity index (χ4n) is 4.21. The van der Waals surface area contributed by atoms with Crippen LogP contribution in [-0.4, -0.2) is 39.5 Å². The van der Waals surface area contributed by atoms with Crippen molar-refractivity contribution in [3.63, 3.8) is 0 Å². The molecule has 2 atom stereocenters. The van der Waals surface area contributed by atoms with Crippen molar-refractivity contribution in [2.75, 3.05) is 13.1 Å². The molecule has 1 saturated heterocycles. The Bertz CT molecular complexity index is 1070. The van der Waals surface area contributed by atoms with Gasteiger partial charge in [0.15, 0.2) is 0 Å². The average Bonchev–Trinajstić information content (AvgIpc) is 3.07. The highest BCUT2D eigenvalue weighted by molar-refractivity contribution is 5.99. The van der Waals surface area contributed by atoms with Crippen molar-refractivity contribution in [1.82, 2.24) is 9.47 Å². The molecule has 2 aromatic carbocycles. The number of hydrogen-bond acceptors (Lipinski definition) is 2. The van der Waals surface area contributed by atoms with Gasteiger partial charge in [-0.25, -0.2) is 4.39 Å². The van der Waals surface area contributed by atoms with Crippen LogP contribution in [0.1, 0.15) is 29.4 Å². The number of fused-ring (bicyclic) bond motifs is 1. The lowest BCUT2D eigenvalue weighted by molar-refractivity contribution is -0.145. The van der Waals surface area contributed by atoms with Gasteiger partial charge in [0.25, 0.3) is 5.91 Å². The van der Waals surface area contributed by atoms with Gasteiger partial charge >= 0.3 is 5.97 Å². The molecule has 3 aromatic rings. The Balaban J connectivity index is 1.69. The molecule has 0 aliphatic carbocycles. The van der Waals surface area contributed by atoms with Crippen LogP contribution in [-0.2, 0) is 11.3 Å². The first kappa shape index (κ1) is 19.2. The van der Waals surface area contributed by atoms with Crippen molar-refractivity contribution in [3.05, 3.63) is 71.7 Å². The van der Waals surface area contributed by atoms with Crippen molar-refractivity contribution in [3.8, 4) is 0 Å². The van der Waals surface area contributed by atoms with Gasteiger partial charge in [-0.2, -0.15) is 0 Å². The van der Waals surface area contributed by atoms with Crippen molar-refractivity contribution in [2.45, 2.75) is 19.9 Å². The zero-order valence-electron chi connectivity index (χ0n) is 16.2. The second-order valence-electron chi connectivity index (χ2n) is 7.73. The molecule has 150 valence electrons. The summed E-state index contributed by atoms with van der Waals surface area (Å²) in [7, 11) is 0. The molecule has 1 fully saturated rings. The number of para-hydroxylation sites is 1. The third kappa shape index (κ3) is 3.62. The number of aliphatic carboxylic acids is 1. The van der Waals surface area contributed by atoms with E-state index in [2.05, 4.69) is 0 Å². The maximum atomic E-state index is 14.3.